The van der Waals surface area contributed by atoms with E-state index in [-0.39, 0.29) is 10.6 Å². The van der Waals surface area contributed by atoms with E-state index in [2.05, 4.69) is 6.92 Å². The molecule has 0 aromatic heterocycles. The van der Waals surface area contributed by atoms with Gasteiger partial charge in [0.05, 0.1) is 21.4 Å². The molecule has 1 rings (SSSR count). The number of halogens is 1. The molecule has 0 bridgehead atoms. The van der Waals surface area contributed by atoms with E-state index in [1.54, 1.807) is 17.8 Å². The van der Waals surface area contributed by atoms with Crippen molar-refractivity contribution in [3.8, 4) is 0 Å². The van der Waals surface area contributed by atoms with Crippen LogP contribution in [0.4, 0.5) is 0 Å². The van der Waals surface area contributed by atoms with E-state index in [0.717, 1.165) is 17.9 Å². The van der Waals surface area contributed by atoms with Crippen LogP contribution in [0.25, 0.3) is 0 Å². The molecule has 0 saturated carbocycles. The van der Waals surface area contributed by atoms with Crippen LogP contribution in [0.5, 0.6) is 0 Å². The van der Waals surface area contributed by atoms with Gasteiger partial charge >= 0.3 is 5.97 Å². The molecule has 0 amide bonds. The maximum absolute atomic E-state index is 12.0. The van der Waals surface area contributed by atoms with Gasteiger partial charge in [-0.15, -0.1) is 0 Å². The minimum Gasteiger partial charge on any atom is -0.478 e. The Kier molecular flexibility index (Phi) is 6.75. The normalized spacial score (nSPS) is 12.3. The molecule has 0 fully saturated rings. The van der Waals surface area contributed by atoms with Crippen LogP contribution in [0.2, 0.25) is 5.02 Å². The molecule has 0 aliphatic heterocycles. The number of hydrogen-bond donors (Lipinski definition) is 1. The molecule has 0 aliphatic carbocycles. The van der Waals surface area contributed by atoms with Crippen LogP contribution in [-0.4, -0.2) is 32.5 Å². The number of thioether (sulfide) groups is 1. The average molecular weight is 307 g/mol. The first-order valence-corrected chi connectivity index (χ1v) is 8.40. The molecule has 0 heterocycles. The summed E-state index contributed by atoms with van der Waals surface area (Å²) in [7, 11) is -1.16. The zero-order valence-electron chi connectivity index (χ0n) is 10.0. The quantitative estimate of drug-likeness (QED) is 0.785. The molecule has 1 aromatic carbocycles. The second kappa shape index (κ2) is 7.81. The highest BCUT2D eigenvalue weighted by Crippen LogP contribution is 2.20. The maximum atomic E-state index is 12.0. The van der Waals surface area contributed by atoms with E-state index < -0.39 is 16.8 Å². The van der Waals surface area contributed by atoms with Crippen LogP contribution >= 0.6 is 23.4 Å². The Morgan fingerprint density at radius 3 is 2.83 bits per heavy atom. The summed E-state index contributed by atoms with van der Waals surface area (Å²) in [5.74, 6) is 1.48. The SMILES string of the molecule is CCSCCCS(=O)c1ccc(Cl)c(C(=O)O)c1. The van der Waals surface area contributed by atoms with Crippen molar-refractivity contribution in [1.82, 2.24) is 0 Å². The zero-order valence-corrected chi connectivity index (χ0v) is 12.4. The Morgan fingerprint density at radius 2 is 2.22 bits per heavy atom. The van der Waals surface area contributed by atoms with Gasteiger partial charge in [-0.3, -0.25) is 4.21 Å². The van der Waals surface area contributed by atoms with Gasteiger partial charge in [0.1, 0.15) is 0 Å². The van der Waals surface area contributed by atoms with Crippen LogP contribution in [0.3, 0.4) is 0 Å². The van der Waals surface area contributed by atoms with Crippen LogP contribution in [0, 0.1) is 0 Å². The molecule has 100 valence electrons. The average Bonchev–Trinajstić information content (AvgIpc) is 2.34. The van der Waals surface area contributed by atoms with E-state index in [9.17, 15) is 9.00 Å². The summed E-state index contributed by atoms with van der Waals surface area (Å²) in [6, 6.07) is 4.50. The lowest BCUT2D eigenvalue weighted by molar-refractivity contribution is 0.0697. The number of carboxylic acids is 1. The molecule has 3 nitrogen and oxygen atoms in total. The van der Waals surface area contributed by atoms with Gasteiger partial charge in [-0.1, -0.05) is 18.5 Å². The van der Waals surface area contributed by atoms with Crippen molar-refractivity contribution in [3.05, 3.63) is 28.8 Å². The lowest BCUT2D eigenvalue weighted by atomic mass is 10.2. The van der Waals surface area contributed by atoms with Gasteiger partial charge < -0.3 is 5.11 Å². The third kappa shape index (κ3) is 4.63. The van der Waals surface area contributed by atoms with Crippen LogP contribution in [0.15, 0.2) is 23.1 Å². The number of benzene rings is 1. The minimum absolute atomic E-state index is 0.00505. The van der Waals surface area contributed by atoms with Crippen LogP contribution in [0.1, 0.15) is 23.7 Å². The molecule has 1 N–H and O–H groups in total. The van der Waals surface area contributed by atoms with Gasteiger partial charge in [-0.2, -0.15) is 11.8 Å². The molecular formula is C12H15ClO3S2. The third-order valence-electron chi connectivity index (χ3n) is 2.25. The van der Waals surface area contributed by atoms with Crippen molar-refractivity contribution >= 4 is 40.1 Å². The predicted molar refractivity (Wildman–Crippen MR) is 77.3 cm³/mol. The lowest BCUT2D eigenvalue weighted by Crippen LogP contribution is -2.03. The third-order valence-corrected chi connectivity index (χ3v) is 5.01. The Labute approximate surface area is 118 Å². The molecule has 0 aliphatic rings. The van der Waals surface area contributed by atoms with E-state index in [1.807, 2.05) is 0 Å². The number of aromatic carboxylic acids is 1. The van der Waals surface area contributed by atoms with Gasteiger partial charge in [0.25, 0.3) is 0 Å². The Morgan fingerprint density at radius 1 is 1.50 bits per heavy atom. The van der Waals surface area contributed by atoms with E-state index >= 15 is 0 Å². The first-order valence-electron chi connectivity index (χ1n) is 5.55. The molecule has 0 saturated heterocycles. The topological polar surface area (TPSA) is 54.4 Å². The number of carboxylic acid groups (broad SMARTS) is 1. The molecule has 6 heteroatoms. The molecule has 18 heavy (non-hydrogen) atoms. The summed E-state index contributed by atoms with van der Waals surface area (Å²) in [4.78, 5) is 11.4. The number of hydrogen-bond acceptors (Lipinski definition) is 3. The standard InChI is InChI=1S/C12H15ClO3S2/c1-2-17-6-3-7-18(16)9-4-5-11(13)10(8-9)12(14)15/h4-5,8H,2-3,6-7H2,1H3,(H,14,15). The predicted octanol–water partition coefficient (Wildman–Crippen LogP) is 3.29. The van der Waals surface area contributed by atoms with Gasteiger partial charge in [-0.25, -0.2) is 4.79 Å². The zero-order chi connectivity index (χ0) is 13.5. The highest BCUT2D eigenvalue weighted by Gasteiger charge is 2.12. The second-order valence-electron chi connectivity index (χ2n) is 3.55. The van der Waals surface area contributed by atoms with Gasteiger partial charge in [0.15, 0.2) is 0 Å². The van der Waals surface area contributed by atoms with Crippen LogP contribution in [-0.2, 0) is 10.8 Å². The van der Waals surface area contributed by atoms with Gasteiger partial charge in [-0.05, 0) is 36.1 Å². The summed E-state index contributed by atoms with van der Waals surface area (Å²) in [5, 5.41) is 9.10. The second-order valence-corrected chi connectivity index (χ2v) is 6.92. The Hall–Kier alpha value is -0.520. The number of rotatable bonds is 7. The molecule has 1 atom stereocenters. The fourth-order valence-electron chi connectivity index (χ4n) is 1.36. The van der Waals surface area contributed by atoms with Gasteiger partial charge in [0, 0.05) is 10.6 Å². The molecular weight excluding hydrogens is 292 g/mol. The fraction of sp³-hybridized carbons (Fsp3) is 0.417. The van der Waals surface area contributed by atoms with Crippen molar-refractivity contribution in [2.75, 3.05) is 17.3 Å². The molecule has 1 unspecified atom stereocenters. The fourth-order valence-corrected chi connectivity index (χ4v) is 3.49. The summed E-state index contributed by atoms with van der Waals surface area (Å²) in [6.45, 7) is 2.08. The van der Waals surface area contributed by atoms with Crippen molar-refractivity contribution in [2.45, 2.75) is 18.2 Å². The van der Waals surface area contributed by atoms with Crippen molar-refractivity contribution in [2.24, 2.45) is 0 Å². The summed E-state index contributed by atoms with van der Waals surface area (Å²) in [5.41, 5.74) is 0.00505. The highest BCUT2D eigenvalue weighted by molar-refractivity contribution is 7.99. The van der Waals surface area contributed by atoms with E-state index in [1.165, 1.54) is 12.1 Å². The largest absolute Gasteiger partial charge is 0.478 e. The van der Waals surface area contributed by atoms with Crippen molar-refractivity contribution in [1.29, 1.82) is 0 Å². The van der Waals surface area contributed by atoms with Gasteiger partial charge in [0.2, 0.25) is 0 Å². The lowest BCUT2D eigenvalue weighted by Gasteiger charge is -2.05. The first kappa shape index (κ1) is 15.5. The minimum atomic E-state index is -1.16. The first-order chi connectivity index (χ1) is 8.56. The maximum Gasteiger partial charge on any atom is 0.337 e. The number of carbonyl (C=O) groups is 1. The molecule has 1 aromatic rings. The summed E-state index contributed by atoms with van der Waals surface area (Å²) in [6.07, 6.45) is 0.857. The monoisotopic (exact) mass is 306 g/mol. The van der Waals surface area contributed by atoms with Crippen molar-refractivity contribution < 1.29 is 14.1 Å². The van der Waals surface area contributed by atoms with Crippen LogP contribution < -0.4 is 0 Å². The summed E-state index contributed by atoms with van der Waals surface area (Å²) >= 11 is 7.56. The highest BCUT2D eigenvalue weighted by atomic mass is 35.5. The van der Waals surface area contributed by atoms with E-state index in [4.69, 9.17) is 16.7 Å². The Balaban J connectivity index is 2.68. The van der Waals surface area contributed by atoms with E-state index in [0.29, 0.717) is 10.6 Å². The smallest absolute Gasteiger partial charge is 0.337 e. The Bertz CT molecular complexity index is 449. The van der Waals surface area contributed by atoms with Crippen molar-refractivity contribution in [3.63, 3.8) is 0 Å². The molecule has 0 spiro atoms. The molecule has 0 radical (unpaired) electrons. The summed E-state index contributed by atoms with van der Waals surface area (Å²) < 4.78 is 12.0.